The third-order valence-electron chi connectivity index (χ3n) is 3.83. The van der Waals surface area contributed by atoms with Crippen molar-refractivity contribution < 1.29 is 0 Å². The Morgan fingerprint density at radius 2 is 2.28 bits per heavy atom. The van der Waals surface area contributed by atoms with Crippen LogP contribution in [-0.2, 0) is 6.54 Å². The van der Waals surface area contributed by atoms with Gasteiger partial charge in [-0.25, -0.2) is 4.98 Å². The maximum absolute atomic E-state index is 4.52. The van der Waals surface area contributed by atoms with Gasteiger partial charge >= 0.3 is 0 Å². The fourth-order valence-electron chi connectivity index (χ4n) is 3.10. The van der Waals surface area contributed by atoms with Crippen molar-refractivity contribution in [2.75, 3.05) is 0 Å². The number of rotatable bonds is 5. The van der Waals surface area contributed by atoms with E-state index < -0.39 is 0 Å². The van der Waals surface area contributed by atoms with Crippen molar-refractivity contribution >= 4 is 11.3 Å². The number of hydrogen-bond donors (Lipinski definition) is 1. The molecular weight excluding hydrogens is 240 g/mol. The summed E-state index contributed by atoms with van der Waals surface area (Å²) >= 11 is 1.75. The molecule has 0 aromatic carbocycles. The fraction of sp³-hybridized carbons (Fsp3) is 0.800. The topological polar surface area (TPSA) is 24.9 Å². The minimum atomic E-state index is 0.713. The molecule has 3 heteroatoms. The molecule has 1 aromatic rings. The van der Waals surface area contributed by atoms with Crippen LogP contribution < -0.4 is 5.32 Å². The minimum Gasteiger partial charge on any atom is -0.308 e. The van der Waals surface area contributed by atoms with E-state index in [2.05, 4.69) is 36.5 Å². The highest BCUT2D eigenvalue weighted by Gasteiger charge is 2.22. The van der Waals surface area contributed by atoms with Crippen molar-refractivity contribution in [1.82, 2.24) is 10.3 Å². The molecule has 18 heavy (non-hydrogen) atoms. The Kier molecular flexibility index (Phi) is 5.19. The molecule has 2 unspecified atom stereocenters. The van der Waals surface area contributed by atoms with Crippen LogP contribution in [0.25, 0.3) is 0 Å². The Bertz CT molecular complexity index is 359. The molecule has 1 aliphatic rings. The molecule has 0 aliphatic heterocycles. The first-order valence-corrected chi connectivity index (χ1v) is 8.16. The molecule has 1 aliphatic carbocycles. The zero-order valence-corrected chi connectivity index (χ0v) is 12.7. The molecule has 0 spiro atoms. The van der Waals surface area contributed by atoms with Gasteiger partial charge in [0, 0.05) is 18.0 Å². The first-order valence-electron chi connectivity index (χ1n) is 7.28. The zero-order valence-electron chi connectivity index (χ0n) is 11.9. The van der Waals surface area contributed by atoms with Gasteiger partial charge in [-0.05, 0) is 38.0 Å². The van der Waals surface area contributed by atoms with Gasteiger partial charge in [-0.3, -0.25) is 0 Å². The van der Waals surface area contributed by atoms with Crippen LogP contribution in [0, 0.1) is 18.8 Å². The molecule has 2 nitrogen and oxygen atoms in total. The van der Waals surface area contributed by atoms with Crippen LogP contribution in [0.2, 0.25) is 0 Å². The summed E-state index contributed by atoms with van der Waals surface area (Å²) < 4.78 is 0. The number of nitrogens with zero attached hydrogens (tertiary/aromatic N) is 1. The molecule has 2 rings (SSSR count). The van der Waals surface area contributed by atoms with Gasteiger partial charge in [0.15, 0.2) is 0 Å². The summed E-state index contributed by atoms with van der Waals surface area (Å²) in [6.45, 7) is 7.71. The second-order valence-corrected chi connectivity index (χ2v) is 7.16. The van der Waals surface area contributed by atoms with Gasteiger partial charge in [-0.1, -0.05) is 26.7 Å². The third-order valence-corrected chi connectivity index (χ3v) is 4.65. The average molecular weight is 266 g/mol. The quantitative estimate of drug-likeness (QED) is 0.866. The molecule has 1 fully saturated rings. The Morgan fingerprint density at radius 3 is 2.94 bits per heavy atom. The van der Waals surface area contributed by atoms with Crippen molar-refractivity contribution in [3.8, 4) is 0 Å². The van der Waals surface area contributed by atoms with Crippen LogP contribution in [0.15, 0.2) is 5.38 Å². The maximum Gasteiger partial charge on any atom is 0.0897 e. The lowest BCUT2D eigenvalue weighted by molar-refractivity contribution is 0.251. The van der Waals surface area contributed by atoms with Gasteiger partial charge in [0.25, 0.3) is 0 Å². The molecule has 0 amide bonds. The lowest BCUT2D eigenvalue weighted by Crippen LogP contribution is -2.34. The predicted molar refractivity (Wildman–Crippen MR) is 78.9 cm³/mol. The SMILES string of the molecule is Cc1nc(CNC2CCCC(CC(C)C)C2)cs1. The van der Waals surface area contributed by atoms with Crippen LogP contribution in [0.3, 0.4) is 0 Å². The van der Waals surface area contributed by atoms with E-state index >= 15 is 0 Å². The Hall–Kier alpha value is -0.410. The summed E-state index contributed by atoms with van der Waals surface area (Å²) in [6, 6.07) is 0.713. The number of hydrogen-bond acceptors (Lipinski definition) is 3. The summed E-state index contributed by atoms with van der Waals surface area (Å²) in [5.74, 6) is 1.78. The molecule has 1 N–H and O–H groups in total. The van der Waals surface area contributed by atoms with Crippen molar-refractivity contribution in [1.29, 1.82) is 0 Å². The van der Waals surface area contributed by atoms with Gasteiger partial charge in [0.05, 0.1) is 10.7 Å². The minimum absolute atomic E-state index is 0.713. The van der Waals surface area contributed by atoms with Crippen molar-refractivity contribution in [2.45, 2.75) is 65.5 Å². The molecule has 1 heterocycles. The van der Waals surface area contributed by atoms with E-state index in [0.717, 1.165) is 18.4 Å². The highest BCUT2D eigenvalue weighted by atomic mass is 32.1. The van der Waals surface area contributed by atoms with E-state index in [-0.39, 0.29) is 0 Å². The monoisotopic (exact) mass is 266 g/mol. The van der Waals surface area contributed by atoms with E-state index in [1.54, 1.807) is 11.3 Å². The first kappa shape index (κ1) is 14.0. The number of aryl methyl sites for hydroxylation is 1. The fourth-order valence-corrected chi connectivity index (χ4v) is 3.71. The summed E-state index contributed by atoms with van der Waals surface area (Å²) in [7, 11) is 0. The van der Waals surface area contributed by atoms with Crippen molar-refractivity contribution in [2.24, 2.45) is 11.8 Å². The maximum atomic E-state index is 4.52. The first-order chi connectivity index (χ1) is 8.63. The van der Waals surface area contributed by atoms with Crippen molar-refractivity contribution in [3.63, 3.8) is 0 Å². The van der Waals surface area contributed by atoms with Crippen LogP contribution in [0.5, 0.6) is 0 Å². The molecule has 102 valence electrons. The third kappa shape index (κ3) is 4.36. The molecule has 0 bridgehead atoms. The normalized spacial score (nSPS) is 24.7. The molecule has 1 saturated carbocycles. The van der Waals surface area contributed by atoms with E-state index in [1.165, 1.54) is 42.8 Å². The van der Waals surface area contributed by atoms with Gasteiger partial charge in [-0.15, -0.1) is 11.3 Å². The summed E-state index contributed by atoms with van der Waals surface area (Å²) in [4.78, 5) is 4.52. The standard InChI is InChI=1S/C15H26N2S/c1-11(2)7-13-5-4-6-14(8-13)16-9-15-10-18-12(3)17-15/h10-11,13-14,16H,4-9H2,1-3H3. The van der Waals surface area contributed by atoms with Gasteiger partial charge in [-0.2, -0.15) is 0 Å². The highest BCUT2D eigenvalue weighted by molar-refractivity contribution is 7.09. The highest BCUT2D eigenvalue weighted by Crippen LogP contribution is 2.29. The Labute approximate surface area is 115 Å². The average Bonchev–Trinajstić information content (AvgIpc) is 2.72. The van der Waals surface area contributed by atoms with Gasteiger partial charge in [0.2, 0.25) is 0 Å². The predicted octanol–water partition coefficient (Wildman–Crippen LogP) is 4.15. The lowest BCUT2D eigenvalue weighted by Gasteiger charge is -2.30. The van der Waals surface area contributed by atoms with Crippen LogP contribution in [-0.4, -0.2) is 11.0 Å². The van der Waals surface area contributed by atoms with E-state index in [0.29, 0.717) is 6.04 Å². The second-order valence-electron chi connectivity index (χ2n) is 6.10. The Morgan fingerprint density at radius 1 is 1.44 bits per heavy atom. The van der Waals surface area contributed by atoms with E-state index in [4.69, 9.17) is 0 Å². The molecule has 1 aromatic heterocycles. The molecule has 0 radical (unpaired) electrons. The van der Waals surface area contributed by atoms with Gasteiger partial charge < -0.3 is 5.32 Å². The number of aromatic nitrogens is 1. The van der Waals surface area contributed by atoms with Crippen LogP contribution in [0.1, 0.15) is 56.7 Å². The molecular formula is C15H26N2S. The molecule has 0 saturated heterocycles. The number of nitrogens with one attached hydrogen (secondary N) is 1. The summed E-state index contributed by atoms with van der Waals surface area (Å²) in [5.41, 5.74) is 1.21. The second kappa shape index (κ2) is 6.67. The van der Waals surface area contributed by atoms with Gasteiger partial charge in [0.1, 0.15) is 0 Å². The zero-order chi connectivity index (χ0) is 13.0. The summed E-state index contributed by atoms with van der Waals surface area (Å²) in [5, 5.41) is 7.05. The lowest BCUT2D eigenvalue weighted by atomic mass is 9.81. The number of thiazole rings is 1. The van der Waals surface area contributed by atoms with E-state index in [1.807, 2.05) is 0 Å². The largest absolute Gasteiger partial charge is 0.308 e. The Balaban J connectivity index is 1.75. The van der Waals surface area contributed by atoms with Crippen LogP contribution in [0.4, 0.5) is 0 Å². The molecule has 2 atom stereocenters. The van der Waals surface area contributed by atoms with Crippen molar-refractivity contribution in [3.05, 3.63) is 16.1 Å². The van der Waals surface area contributed by atoms with E-state index in [9.17, 15) is 0 Å². The van der Waals surface area contributed by atoms with Crippen LogP contribution >= 0.6 is 11.3 Å². The smallest absolute Gasteiger partial charge is 0.0897 e. The summed E-state index contributed by atoms with van der Waals surface area (Å²) in [6.07, 6.45) is 6.93.